The number of aryl methyl sites for hydroxylation is 1. The molecular weight excluding hydrogens is 336 g/mol. The van der Waals surface area contributed by atoms with Gasteiger partial charge in [0, 0.05) is 5.56 Å². The van der Waals surface area contributed by atoms with Gasteiger partial charge in [-0.05, 0) is 19.9 Å². The van der Waals surface area contributed by atoms with Crippen LogP contribution >= 0.6 is 0 Å². The molecule has 8 heteroatoms. The fraction of sp³-hybridized carbons (Fsp3) is 0.235. The molecule has 0 saturated carbocycles. The number of hydrogen-bond acceptors (Lipinski definition) is 4. The van der Waals surface area contributed by atoms with E-state index in [-0.39, 0.29) is 17.0 Å². The zero-order chi connectivity index (χ0) is 18.1. The first-order chi connectivity index (χ1) is 11.9. The summed E-state index contributed by atoms with van der Waals surface area (Å²) in [5.74, 6) is -0.898. The van der Waals surface area contributed by atoms with Crippen molar-refractivity contribution in [3.05, 3.63) is 59.0 Å². The van der Waals surface area contributed by atoms with E-state index < -0.39 is 29.7 Å². The lowest BCUT2D eigenvalue weighted by atomic mass is 10.0. The lowest BCUT2D eigenvalue weighted by Crippen LogP contribution is -2.12. The predicted octanol–water partition coefficient (Wildman–Crippen LogP) is 4.72. The molecule has 0 aliphatic heterocycles. The van der Waals surface area contributed by atoms with Crippen LogP contribution in [-0.2, 0) is 0 Å². The SMILES string of the molecule is Cc1nc(N[C@H](C)c2cccc(C(F)F)c2F)c2cc(F)cnc2n1. The zero-order valence-electron chi connectivity index (χ0n) is 13.4. The minimum Gasteiger partial charge on any atom is -0.363 e. The van der Waals surface area contributed by atoms with E-state index in [1.54, 1.807) is 13.8 Å². The molecule has 0 unspecified atom stereocenters. The average molecular weight is 350 g/mol. The molecule has 25 heavy (non-hydrogen) atoms. The highest BCUT2D eigenvalue weighted by molar-refractivity contribution is 5.86. The van der Waals surface area contributed by atoms with Crippen LogP contribution in [-0.4, -0.2) is 15.0 Å². The van der Waals surface area contributed by atoms with Crippen LogP contribution in [0.15, 0.2) is 30.5 Å². The number of aromatic nitrogens is 3. The number of hydrogen-bond donors (Lipinski definition) is 1. The number of alkyl halides is 2. The molecule has 0 radical (unpaired) electrons. The average Bonchev–Trinajstić information content (AvgIpc) is 2.55. The highest BCUT2D eigenvalue weighted by Gasteiger charge is 2.20. The highest BCUT2D eigenvalue weighted by atomic mass is 19.3. The van der Waals surface area contributed by atoms with E-state index in [1.807, 2.05) is 0 Å². The van der Waals surface area contributed by atoms with Gasteiger partial charge in [0.05, 0.1) is 23.2 Å². The van der Waals surface area contributed by atoms with Crippen LogP contribution in [0.2, 0.25) is 0 Å². The molecule has 2 heterocycles. The van der Waals surface area contributed by atoms with Gasteiger partial charge in [0.25, 0.3) is 6.43 Å². The van der Waals surface area contributed by atoms with Gasteiger partial charge in [0.1, 0.15) is 23.3 Å². The Bertz CT molecular complexity index is 930. The smallest absolute Gasteiger partial charge is 0.266 e. The monoisotopic (exact) mass is 350 g/mol. The van der Waals surface area contributed by atoms with Crippen molar-refractivity contribution in [3.63, 3.8) is 0 Å². The molecule has 4 nitrogen and oxygen atoms in total. The fourth-order valence-electron chi connectivity index (χ4n) is 2.56. The Balaban J connectivity index is 2.02. The first-order valence-electron chi connectivity index (χ1n) is 7.49. The summed E-state index contributed by atoms with van der Waals surface area (Å²) in [5, 5.41) is 3.26. The number of halogens is 4. The number of fused-ring (bicyclic) bond motifs is 1. The van der Waals surface area contributed by atoms with Gasteiger partial charge in [-0.15, -0.1) is 0 Å². The van der Waals surface area contributed by atoms with Gasteiger partial charge in [-0.3, -0.25) is 0 Å². The predicted molar refractivity (Wildman–Crippen MR) is 85.4 cm³/mol. The second kappa shape index (κ2) is 6.62. The summed E-state index contributed by atoms with van der Waals surface area (Å²) in [6.45, 7) is 3.24. The van der Waals surface area contributed by atoms with E-state index in [4.69, 9.17) is 0 Å². The van der Waals surface area contributed by atoms with Crippen molar-refractivity contribution in [2.24, 2.45) is 0 Å². The van der Waals surface area contributed by atoms with Crippen LogP contribution < -0.4 is 5.32 Å². The number of anilines is 1. The molecule has 0 saturated heterocycles. The Hall–Kier alpha value is -2.77. The molecule has 0 bridgehead atoms. The molecule has 2 aromatic heterocycles. The third kappa shape index (κ3) is 3.38. The number of pyridine rings is 1. The summed E-state index contributed by atoms with van der Waals surface area (Å²) in [6, 6.07) is 4.35. The van der Waals surface area contributed by atoms with E-state index in [0.29, 0.717) is 11.2 Å². The summed E-state index contributed by atoms with van der Waals surface area (Å²) < 4.78 is 53.5. The van der Waals surface area contributed by atoms with Gasteiger partial charge in [0.2, 0.25) is 0 Å². The number of benzene rings is 1. The molecule has 0 amide bonds. The lowest BCUT2D eigenvalue weighted by Gasteiger charge is -2.18. The molecule has 3 aromatic rings. The molecule has 0 spiro atoms. The molecule has 130 valence electrons. The molecule has 0 aliphatic rings. The third-order valence-electron chi connectivity index (χ3n) is 3.74. The van der Waals surface area contributed by atoms with Crippen molar-refractivity contribution in [2.75, 3.05) is 5.32 Å². The molecule has 0 aliphatic carbocycles. The van der Waals surface area contributed by atoms with Crippen molar-refractivity contribution in [1.82, 2.24) is 15.0 Å². The second-order valence-electron chi connectivity index (χ2n) is 5.56. The van der Waals surface area contributed by atoms with Gasteiger partial charge in [-0.1, -0.05) is 18.2 Å². The Morgan fingerprint density at radius 3 is 2.52 bits per heavy atom. The summed E-state index contributed by atoms with van der Waals surface area (Å²) in [7, 11) is 0. The maximum Gasteiger partial charge on any atom is 0.266 e. The first kappa shape index (κ1) is 17.1. The molecular formula is C17H14F4N4. The molecule has 1 atom stereocenters. The third-order valence-corrected chi connectivity index (χ3v) is 3.74. The van der Waals surface area contributed by atoms with Crippen LogP contribution in [0.4, 0.5) is 23.4 Å². The van der Waals surface area contributed by atoms with Gasteiger partial charge in [0.15, 0.2) is 5.65 Å². The van der Waals surface area contributed by atoms with E-state index in [1.165, 1.54) is 18.2 Å². The van der Waals surface area contributed by atoms with Crippen molar-refractivity contribution in [3.8, 4) is 0 Å². The largest absolute Gasteiger partial charge is 0.363 e. The van der Waals surface area contributed by atoms with E-state index in [0.717, 1.165) is 12.3 Å². The van der Waals surface area contributed by atoms with Crippen LogP contribution in [0.5, 0.6) is 0 Å². The molecule has 3 rings (SSSR count). The van der Waals surface area contributed by atoms with Crippen LogP contribution in [0.1, 0.15) is 36.3 Å². The first-order valence-corrected chi connectivity index (χ1v) is 7.49. The van der Waals surface area contributed by atoms with Crippen LogP contribution in [0.3, 0.4) is 0 Å². The molecule has 1 N–H and O–H groups in total. The Morgan fingerprint density at radius 1 is 1.08 bits per heavy atom. The fourth-order valence-corrected chi connectivity index (χ4v) is 2.56. The van der Waals surface area contributed by atoms with Crippen LogP contribution in [0.25, 0.3) is 11.0 Å². The number of nitrogens with one attached hydrogen (secondary N) is 1. The number of rotatable bonds is 4. The Kier molecular flexibility index (Phi) is 4.52. The quantitative estimate of drug-likeness (QED) is 0.692. The Morgan fingerprint density at radius 2 is 1.80 bits per heavy atom. The van der Waals surface area contributed by atoms with E-state index in [9.17, 15) is 17.6 Å². The van der Waals surface area contributed by atoms with Crippen molar-refractivity contribution in [1.29, 1.82) is 0 Å². The zero-order valence-corrected chi connectivity index (χ0v) is 13.4. The van der Waals surface area contributed by atoms with Gasteiger partial charge >= 0.3 is 0 Å². The Labute approximate surface area is 141 Å². The molecule has 0 fully saturated rings. The molecule has 1 aromatic carbocycles. The van der Waals surface area contributed by atoms with Crippen molar-refractivity contribution < 1.29 is 17.6 Å². The topological polar surface area (TPSA) is 50.7 Å². The summed E-state index contributed by atoms with van der Waals surface area (Å²) >= 11 is 0. The minimum absolute atomic E-state index is 0.0616. The van der Waals surface area contributed by atoms with Crippen molar-refractivity contribution >= 4 is 16.9 Å². The van der Waals surface area contributed by atoms with E-state index >= 15 is 0 Å². The summed E-state index contributed by atoms with van der Waals surface area (Å²) in [5.41, 5.74) is -0.320. The van der Waals surface area contributed by atoms with Gasteiger partial charge < -0.3 is 5.32 Å². The second-order valence-corrected chi connectivity index (χ2v) is 5.56. The minimum atomic E-state index is -2.91. The number of nitrogens with zero attached hydrogens (tertiary/aromatic N) is 3. The van der Waals surface area contributed by atoms with Crippen LogP contribution in [0, 0.1) is 18.6 Å². The summed E-state index contributed by atoms with van der Waals surface area (Å²) in [4.78, 5) is 12.2. The van der Waals surface area contributed by atoms with Crippen molar-refractivity contribution in [2.45, 2.75) is 26.3 Å². The van der Waals surface area contributed by atoms with Gasteiger partial charge in [-0.25, -0.2) is 32.5 Å². The van der Waals surface area contributed by atoms with Gasteiger partial charge in [-0.2, -0.15) is 0 Å². The lowest BCUT2D eigenvalue weighted by molar-refractivity contribution is 0.146. The highest BCUT2D eigenvalue weighted by Crippen LogP contribution is 2.30. The van der Waals surface area contributed by atoms with E-state index in [2.05, 4.69) is 20.3 Å². The maximum atomic E-state index is 14.3. The normalized spacial score (nSPS) is 12.6. The summed E-state index contributed by atoms with van der Waals surface area (Å²) in [6.07, 6.45) is -1.87. The maximum absolute atomic E-state index is 14.3. The standard InChI is InChI=1S/C17H14F4N4/c1-8(11-4-3-5-12(14(11)19)15(20)21)23-17-13-6-10(18)7-22-16(13)24-9(2)25-17/h3-8,15H,1-2H3,(H,22,23,24,25)/t8-/m1/s1.